The highest BCUT2D eigenvalue weighted by Gasteiger charge is 2.28. The van der Waals surface area contributed by atoms with Crippen molar-refractivity contribution in [2.45, 2.75) is 18.8 Å². The molecule has 6 heteroatoms. The van der Waals surface area contributed by atoms with Crippen molar-refractivity contribution in [1.29, 1.82) is 0 Å². The Morgan fingerprint density at radius 3 is 2.80 bits per heavy atom. The predicted molar refractivity (Wildman–Crippen MR) is 60.5 cm³/mol. The molecular weight excluding hydrogens is 282 g/mol. The molecule has 82 valence electrons. The van der Waals surface area contributed by atoms with E-state index >= 15 is 0 Å². The molecule has 0 radical (unpaired) electrons. The van der Waals surface area contributed by atoms with Crippen LogP contribution < -0.4 is 0 Å². The first-order valence-electron chi connectivity index (χ1n) is 4.66. The highest BCUT2D eigenvalue weighted by atomic mass is 79.9. The third-order valence-electron chi connectivity index (χ3n) is 2.51. The molecule has 4 nitrogen and oxygen atoms in total. The van der Waals surface area contributed by atoms with Crippen molar-refractivity contribution in [2.24, 2.45) is 0 Å². The Labute approximate surface area is 99.5 Å². The van der Waals surface area contributed by atoms with Crippen molar-refractivity contribution in [1.82, 2.24) is 5.16 Å². The van der Waals surface area contributed by atoms with Crippen LogP contribution in [0, 0.1) is 0 Å². The average Bonchev–Trinajstić information content (AvgIpc) is 2.61. The molecule has 1 saturated heterocycles. The summed E-state index contributed by atoms with van der Waals surface area (Å²) in [5.74, 6) is 1.35. The summed E-state index contributed by atoms with van der Waals surface area (Å²) in [6.07, 6.45) is 1.98. The lowest BCUT2D eigenvalue weighted by molar-refractivity contribution is 0.0649. The molecule has 0 unspecified atom stereocenters. The minimum Gasteiger partial charge on any atom is -0.475 e. The van der Waals surface area contributed by atoms with Crippen LogP contribution in [-0.4, -0.2) is 27.7 Å². The Kier molecular flexibility index (Phi) is 3.35. The molecule has 1 aromatic rings. The van der Waals surface area contributed by atoms with Crippen LogP contribution in [0.3, 0.4) is 0 Å². The van der Waals surface area contributed by atoms with E-state index in [0.29, 0.717) is 4.60 Å². The lowest BCUT2D eigenvalue weighted by Gasteiger charge is -2.20. The van der Waals surface area contributed by atoms with Gasteiger partial charge in [0.15, 0.2) is 4.60 Å². The highest BCUT2D eigenvalue weighted by Crippen LogP contribution is 2.37. The first-order valence-corrected chi connectivity index (χ1v) is 6.61. The van der Waals surface area contributed by atoms with E-state index in [9.17, 15) is 4.79 Å². The summed E-state index contributed by atoms with van der Waals surface area (Å²) in [6, 6.07) is 0. The van der Waals surface area contributed by atoms with Crippen molar-refractivity contribution in [2.75, 3.05) is 11.5 Å². The molecule has 1 aliphatic rings. The molecule has 2 rings (SSSR count). The van der Waals surface area contributed by atoms with Gasteiger partial charge in [0.05, 0.1) is 0 Å². The van der Waals surface area contributed by atoms with Crippen molar-refractivity contribution < 1.29 is 14.4 Å². The van der Waals surface area contributed by atoms with Crippen LogP contribution in [0.5, 0.6) is 0 Å². The molecule has 0 bridgehead atoms. The monoisotopic (exact) mass is 291 g/mol. The summed E-state index contributed by atoms with van der Waals surface area (Å²) in [7, 11) is 0. The van der Waals surface area contributed by atoms with Gasteiger partial charge in [-0.05, 0) is 46.2 Å². The minimum atomic E-state index is -1.04. The highest BCUT2D eigenvalue weighted by molar-refractivity contribution is 9.10. The first kappa shape index (κ1) is 11.0. The molecular formula is C9H10BrNO3S. The van der Waals surface area contributed by atoms with Crippen molar-refractivity contribution >= 4 is 33.7 Å². The van der Waals surface area contributed by atoms with Crippen molar-refractivity contribution in [3.63, 3.8) is 0 Å². The van der Waals surface area contributed by atoms with E-state index in [1.807, 2.05) is 11.8 Å². The lowest BCUT2D eigenvalue weighted by atomic mass is 9.94. The van der Waals surface area contributed by atoms with Gasteiger partial charge in [-0.1, -0.05) is 5.16 Å². The smallest absolute Gasteiger partial charge is 0.375 e. The Hall–Kier alpha value is -0.490. The SMILES string of the molecule is O=C(O)c1onc(Br)c1C1CCSCC1. The Morgan fingerprint density at radius 1 is 1.53 bits per heavy atom. The van der Waals surface area contributed by atoms with Gasteiger partial charge in [-0.15, -0.1) is 0 Å². The minimum absolute atomic E-state index is 0.0150. The van der Waals surface area contributed by atoms with Crippen LogP contribution in [0.4, 0.5) is 0 Å². The van der Waals surface area contributed by atoms with Gasteiger partial charge in [0.2, 0.25) is 5.76 Å². The maximum absolute atomic E-state index is 10.9. The van der Waals surface area contributed by atoms with Crippen LogP contribution in [0.15, 0.2) is 9.13 Å². The second-order valence-electron chi connectivity index (χ2n) is 3.41. The third kappa shape index (κ3) is 2.20. The van der Waals surface area contributed by atoms with Crippen LogP contribution in [0.25, 0.3) is 0 Å². The molecule has 2 heterocycles. The molecule has 1 fully saturated rings. The van der Waals surface area contributed by atoms with E-state index in [0.717, 1.165) is 29.9 Å². The Balaban J connectivity index is 2.32. The molecule has 1 N–H and O–H groups in total. The topological polar surface area (TPSA) is 63.3 Å². The van der Waals surface area contributed by atoms with E-state index in [1.165, 1.54) is 0 Å². The van der Waals surface area contributed by atoms with E-state index < -0.39 is 5.97 Å². The standard InChI is InChI=1S/C9H10BrNO3S/c10-8-6(5-1-3-15-4-2-5)7(9(12)13)14-11-8/h5H,1-4H2,(H,12,13). The van der Waals surface area contributed by atoms with Crippen molar-refractivity contribution in [3.8, 4) is 0 Å². The number of nitrogens with zero attached hydrogens (tertiary/aromatic N) is 1. The summed E-state index contributed by atoms with van der Waals surface area (Å²) in [4.78, 5) is 10.9. The largest absolute Gasteiger partial charge is 0.475 e. The third-order valence-corrected chi connectivity index (χ3v) is 4.13. The summed E-state index contributed by atoms with van der Waals surface area (Å²) in [6.45, 7) is 0. The van der Waals surface area contributed by atoms with Crippen molar-refractivity contribution in [3.05, 3.63) is 15.9 Å². The zero-order valence-electron chi connectivity index (χ0n) is 7.90. The van der Waals surface area contributed by atoms with Gasteiger partial charge in [-0.2, -0.15) is 11.8 Å². The molecule has 0 atom stereocenters. The molecule has 0 amide bonds. The van der Waals surface area contributed by atoms with Crippen LogP contribution in [0.2, 0.25) is 0 Å². The molecule has 15 heavy (non-hydrogen) atoms. The molecule has 0 aromatic carbocycles. The predicted octanol–water partition coefficient (Wildman–Crippen LogP) is 2.75. The van der Waals surface area contributed by atoms with Gasteiger partial charge >= 0.3 is 5.97 Å². The second kappa shape index (κ2) is 4.57. The molecule has 1 aromatic heterocycles. The van der Waals surface area contributed by atoms with Gasteiger partial charge in [0.1, 0.15) is 0 Å². The zero-order valence-corrected chi connectivity index (χ0v) is 10.3. The maximum atomic E-state index is 10.9. The number of hydrogen-bond donors (Lipinski definition) is 1. The summed E-state index contributed by atoms with van der Waals surface area (Å²) >= 11 is 5.15. The van der Waals surface area contributed by atoms with Crippen LogP contribution in [-0.2, 0) is 0 Å². The number of carboxylic acid groups (broad SMARTS) is 1. The number of thioether (sulfide) groups is 1. The number of rotatable bonds is 2. The summed E-state index contributed by atoms with van der Waals surface area (Å²) in [5, 5.41) is 12.6. The quantitative estimate of drug-likeness (QED) is 0.908. The number of aromatic carboxylic acids is 1. The van der Waals surface area contributed by atoms with Gasteiger partial charge in [0.25, 0.3) is 0 Å². The van der Waals surface area contributed by atoms with E-state index in [4.69, 9.17) is 9.63 Å². The fourth-order valence-corrected chi connectivity index (χ4v) is 3.45. The Morgan fingerprint density at radius 2 is 2.20 bits per heavy atom. The van der Waals surface area contributed by atoms with Gasteiger partial charge in [-0.3, -0.25) is 0 Å². The molecule has 0 saturated carbocycles. The van der Waals surface area contributed by atoms with Crippen LogP contribution in [0.1, 0.15) is 34.9 Å². The zero-order chi connectivity index (χ0) is 10.8. The molecule has 0 spiro atoms. The molecule has 1 aliphatic heterocycles. The van der Waals surface area contributed by atoms with Crippen LogP contribution >= 0.6 is 27.7 Å². The number of carboxylic acids is 1. The normalized spacial score (nSPS) is 17.9. The van der Waals surface area contributed by atoms with E-state index in [2.05, 4.69) is 21.1 Å². The second-order valence-corrected chi connectivity index (χ2v) is 5.38. The number of halogens is 1. The fraction of sp³-hybridized carbons (Fsp3) is 0.556. The van der Waals surface area contributed by atoms with E-state index in [1.54, 1.807) is 0 Å². The fourth-order valence-electron chi connectivity index (χ4n) is 1.77. The average molecular weight is 292 g/mol. The van der Waals surface area contributed by atoms with Gasteiger partial charge < -0.3 is 9.63 Å². The lowest BCUT2D eigenvalue weighted by Crippen LogP contribution is -2.11. The number of carbonyl (C=O) groups is 1. The van der Waals surface area contributed by atoms with E-state index in [-0.39, 0.29) is 11.7 Å². The summed E-state index contributed by atoms with van der Waals surface area (Å²) < 4.78 is 5.35. The number of aromatic nitrogens is 1. The first-order chi connectivity index (χ1) is 7.20. The maximum Gasteiger partial charge on any atom is 0.375 e. The Bertz CT molecular complexity index is 373. The number of hydrogen-bond acceptors (Lipinski definition) is 4. The van der Waals surface area contributed by atoms with Gasteiger partial charge in [-0.25, -0.2) is 4.79 Å². The molecule has 0 aliphatic carbocycles. The summed E-state index contributed by atoms with van der Waals surface area (Å²) in [5.41, 5.74) is 0.725. The van der Waals surface area contributed by atoms with Gasteiger partial charge in [0, 0.05) is 5.56 Å².